The Labute approximate surface area is 104 Å². The van der Waals surface area contributed by atoms with Gasteiger partial charge in [-0.1, -0.05) is 47.1 Å². The molecule has 5 heteroatoms. The molecule has 0 fully saturated rings. The van der Waals surface area contributed by atoms with Crippen molar-refractivity contribution in [3.8, 4) is 0 Å². The average molecular weight is 287 g/mol. The minimum absolute atomic E-state index is 0.384. The average Bonchev–Trinajstić information content (AvgIpc) is 2.32. The van der Waals surface area contributed by atoms with Gasteiger partial charge in [0, 0.05) is 10.0 Å². The fourth-order valence-electron chi connectivity index (χ4n) is 0.917. The van der Waals surface area contributed by atoms with E-state index in [-0.39, 0.29) is 0 Å². The van der Waals surface area contributed by atoms with Crippen LogP contribution in [0.3, 0.4) is 0 Å². The lowest BCUT2D eigenvalue weighted by Crippen LogP contribution is -2.22. The Morgan fingerprint density at radius 2 is 1.94 bits per heavy atom. The summed E-state index contributed by atoms with van der Waals surface area (Å²) in [6.07, 6.45) is 0.555. The topological polar surface area (TPSA) is 50.7 Å². The first-order valence-electron chi connectivity index (χ1n) is 4.85. The van der Waals surface area contributed by atoms with Crippen molar-refractivity contribution in [2.24, 2.45) is 5.16 Å². The van der Waals surface area contributed by atoms with Gasteiger partial charge < -0.3 is 10.2 Å². The molecule has 0 saturated heterocycles. The highest BCUT2D eigenvalue weighted by molar-refractivity contribution is 9.10. The molecule has 1 rings (SSSR count). The number of carbonyl (C=O) groups is 1. The third-order valence-electron chi connectivity index (χ3n) is 1.50. The minimum Gasteiger partial charge on any atom is -0.397 e. The van der Waals surface area contributed by atoms with Crippen molar-refractivity contribution in [3.05, 3.63) is 34.3 Å². The van der Waals surface area contributed by atoms with Crippen LogP contribution in [0.25, 0.3) is 0 Å². The van der Waals surface area contributed by atoms with Crippen molar-refractivity contribution in [2.75, 3.05) is 7.11 Å². The third-order valence-corrected chi connectivity index (χ3v) is 2.02. The second kappa shape index (κ2) is 8.91. The number of carbonyl (C=O) groups excluding carboxylic acids is 1. The lowest BCUT2D eigenvalue weighted by molar-refractivity contribution is -0.108. The van der Waals surface area contributed by atoms with Crippen LogP contribution in [0, 0.1) is 0 Å². The molecule has 0 aliphatic carbocycles. The Hall–Kier alpha value is -1.36. The number of benzene rings is 1. The van der Waals surface area contributed by atoms with E-state index in [1.807, 2.05) is 38.1 Å². The maximum absolute atomic E-state index is 10.3. The standard InChI is InChI=1S/C9H9BrN2O2.C2H6/c1-14-12-9(11-6-13)7-2-4-8(10)5-3-7;1-2/h2-6H,1H3,(H,11,12,13);1-2H3. The summed E-state index contributed by atoms with van der Waals surface area (Å²) >= 11 is 3.31. The smallest absolute Gasteiger partial charge is 0.212 e. The summed E-state index contributed by atoms with van der Waals surface area (Å²) in [5.74, 6) is 0.384. The van der Waals surface area contributed by atoms with E-state index >= 15 is 0 Å². The molecular formula is C11H15BrN2O2. The number of amides is 1. The molecule has 1 aromatic rings. The van der Waals surface area contributed by atoms with Gasteiger partial charge in [0.05, 0.1) is 0 Å². The molecule has 0 radical (unpaired) electrons. The minimum atomic E-state index is 0.384. The van der Waals surface area contributed by atoms with E-state index in [1.54, 1.807) is 0 Å². The Morgan fingerprint density at radius 3 is 2.38 bits per heavy atom. The largest absolute Gasteiger partial charge is 0.397 e. The van der Waals surface area contributed by atoms with Crippen molar-refractivity contribution < 1.29 is 9.63 Å². The van der Waals surface area contributed by atoms with Crippen LogP contribution >= 0.6 is 15.9 Å². The summed E-state index contributed by atoms with van der Waals surface area (Å²) in [5, 5.41) is 6.12. The van der Waals surface area contributed by atoms with Gasteiger partial charge in [0.15, 0.2) is 5.84 Å². The summed E-state index contributed by atoms with van der Waals surface area (Å²) in [6, 6.07) is 7.34. The van der Waals surface area contributed by atoms with Crippen LogP contribution in [0.1, 0.15) is 19.4 Å². The quantitative estimate of drug-likeness (QED) is 0.402. The number of nitrogens with zero attached hydrogens (tertiary/aromatic N) is 1. The molecule has 4 nitrogen and oxygen atoms in total. The van der Waals surface area contributed by atoms with Gasteiger partial charge in [-0.25, -0.2) is 0 Å². The summed E-state index contributed by atoms with van der Waals surface area (Å²) in [6.45, 7) is 4.00. The van der Waals surface area contributed by atoms with Crippen molar-refractivity contribution in [3.63, 3.8) is 0 Å². The molecule has 0 unspecified atom stereocenters. The lowest BCUT2D eigenvalue weighted by Gasteiger charge is -2.03. The molecule has 1 amide bonds. The van der Waals surface area contributed by atoms with E-state index in [2.05, 4.69) is 31.2 Å². The Kier molecular flexibility index (Phi) is 8.15. The number of amidine groups is 1. The predicted octanol–water partition coefficient (Wildman–Crippen LogP) is 2.53. The highest BCUT2D eigenvalue weighted by Gasteiger charge is 2.02. The first kappa shape index (κ1) is 14.6. The number of oxime groups is 1. The van der Waals surface area contributed by atoms with Crippen LogP contribution in [0.2, 0.25) is 0 Å². The van der Waals surface area contributed by atoms with E-state index in [9.17, 15) is 4.79 Å². The predicted molar refractivity (Wildman–Crippen MR) is 68.2 cm³/mol. The van der Waals surface area contributed by atoms with Crippen molar-refractivity contribution in [1.82, 2.24) is 5.32 Å². The van der Waals surface area contributed by atoms with Gasteiger partial charge in [-0.15, -0.1) is 0 Å². The molecule has 0 atom stereocenters. The van der Waals surface area contributed by atoms with Crippen LogP contribution in [-0.2, 0) is 9.63 Å². The Morgan fingerprint density at radius 1 is 1.38 bits per heavy atom. The fraction of sp³-hybridized carbons (Fsp3) is 0.273. The van der Waals surface area contributed by atoms with Gasteiger partial charge in [-0.2, -0.15) is 0 Å². The monoisotopic (exact) mass is 286 g/mol. The molecule has 0 aliphatic heterocycles. The van der Waals surface area contributed by atoms with Gasteiger partial charge in [0.25, 0.3) is 0 Å². The first-order chi connectivity index (χ1) is 7.77. The third kappa shape index (κ3) is 4.93. The van der Waals surface area contributed by atoms with E-state index in [0.29, 0.717) is 12.2 Å². The van der Waals surface area contributed by atoms with Gasteiger partial charge in [-0.3, -0.25) is 4.79 Å². The molecule has 0 aliphatic rings. The lowest BCUT2D eigenvalue weighted by atomic mass is 10.2. The maximum atomic E-state index is 10.3. The Balaban J connectivity index is 0.00000106. The van der Waals surface area contributed by atoms with Gasteiger partial charge >= 0.3 is 0 Å². The molecule has 0 spiro atoms. The fourth-order valence-corrected chi connectivity index (χ4v) is 1.18. The molecule has 0 aromatic heterocycles. The van der Waals surface area contributed by atoms with Crippen molar-refractivity contribution in [2.45, 2.75) is 13.8 Å². The second-order valence-corrected chi connectivity index (χ2v) is 3.31. The zero-order valence-corrected chi connectivity index (χ0v) is 11.1. The molecule has 88 valence electrons. The molecule has 16 heavy (non-hydrogen) atoms. The van der Waals surface area contributed by atoms with Gasteiger partial charge in [0.2, 0.25) is 6.41 Å². The van der Waals surface area contributed by atoms with E-state index < -0.39 is 0 Å². The SMILES string of the molecule is CC.CO/N=C(\NC=O)c1ccc(Br)cc1. The number of halogens is 1. The van der Waals surface area contributed by atoms with E-state index in [1.165, 1.54) is 7.11 Å². The molecule has 0 heterocycles. The van der Waals surface area contributed by atoms with Crippen LogP contribution in [-0.4, -0.2) is 19.4 Å². The second-order valence-electron chi connectivity index (χ2n) is 2.39. The highest BCUT2D eigenvalue weighted by Crippen LogP contribution is 2.10. The van der Waals surface area contributed by atoms with Crippen LogP contribution < -0.4 is 5.32 Å². The first-order valence-corrected chi connectivity index (χ1v) is 5.64. The van der Waals surface area contributed by atoms with Crippen LogP contribution in [0.4, 0.5) is 0 Å². The normalized spacial score (nSPS) is 9.88. The zero-order chi connectivity index (χ0) is 12.4. The number of hydrogen-bond donors (Lipinski definition) is 1. The summed E-state index contributed by atoms with van der Waals surface area (Å²) in [7, 11) is 1.42. The summed E-state index contributed by atoms with van der Waals surface area (Å²) < 4.78 is 0.962. The van der Waals surface area contributed by atoms with Crippen molar-refractivity contribution >= 4 is 28.2 Å². The Bertz CT molecular complexity index is 336. The van der Waals surface area contributed by atoms with Gasteiger partial charge in [0.1, 0.15) is 7.11 Å². The van der Waals surface area contributed by atoms with Crippen LogP contribution in [0.5, 0.6) is 0 Å². The van der Waals surface area contributed by atoms with Crippen molar-refractivity contribution in [1.29, 1.82) is 0 Å². The number of rotatable bonds is 3. The number of nitrogens with one attached hydrogen (secondary N) is 1. The van der Waals surface area contributed by atoms with E-state index in [4.69, 9.17) is 0 Å². The summed E-state index contributed by atoms with van der Waals surface area (Å²) in [4.78, 5) is 14.9. The summed E-state index contributed by atoms with van der Waals surface area (Å²) in [5.41, 5.74) is 0.780. The van der Waals surface area contributed by atoms with Gasteiger partial charge in [-0.05, 0) is 12.1 Å². The molecular weight excluding hydrogens is 272 g/mol. The molecule has 1 aromatic carbocycles. The van der Waals surface area contributed by atoms with E-state index in [0.717, 1.165) is 10.0 Å². The number of hydrogen-bond acceptors (Lipinski definition) is 3. The molecule has 0 bridgehead atoms. The maximum Gasteiger partial charge on any atom is 0.212 e. The zero-order valence-electron chi connectivity index (χ0n) is 9.53. The molecule has 1 N–H and O–H groups in total. The molecule has 0 saturated carbocycles. The van der Waals surface area contributed by atoms with Crippen LogP contribution in [0.15, 0.2) is 33.9 Å². The highest BCUT2D eigenvalue weighted by atomic mass is 79.9.